The van der Waals surface area contributed by atoms with Crippen molar-refractivity contribution in [2.45, 2.75) is 37.3 Å². The molecule has 1 aromatic heterocycles. The third kappa shape index (κ3) is 6.79. The molecule has 2 aromatic carbocycles. The van der Waals surface area contributed by atoms with Crippen LogP contribution in [0.5, 0.6) is 0 Å². The van der Waals surface area contributed by atoms with Crippen molar-refractivity contribution in [1.82, 2.24) is 25.5 Å². The summed E-state index contributed by atoms with van der Waals surface area (Å²) in [6.45, 7) is 2.96. The van der Waals surface area contributed by atoms with Gasteiger partial charge in [0.05, 0.1) is 11.6 Å². The van der Waals surface area contributed by atoms with Gasteiger partial charge in [-0.2, -0.15) is 5.26 Å². The topological polar surface area (TPSA) is 114 Å². The smallest absolute Gasteiger partial charge is 0.251 e. The predicted octanol–water partition coefficient (Wildman–Crippen LogP) is 2.86. The molecule has 1 unspecified atom stereocenters. The monoisotopic (exact) mass is 541 g/mol. The van der Waals surface area contributed by atoms with Gasteiger partial charge in [-0.05, 0) is 73.8 Å². The van der Waals surface area contributed by atoms with Gasteiger partial charge in [0.2, 0.25) is 11.9 Å². The van der Waals surface area contributed by atoms with Crippen molar-refractivity contribution >= 4 is 17.8 Å². The molecule has 1 saturated carbocycles. The van der Waals surface area contributed by atoms with E-state index in [-0.39, 0.29) is 17.6 Å². The quantitative estimate of drug-likeness (QED) is 0.380. The number of hydrogen-bond acceptors (Lipinski definition) is 7. The first kappa shape index (κ1) is 27.2. The zero-order chi connectivity index (χ0) is 27.9. The zero-order valence-electron chi connectivity index (χ0n) is 22.2. The number of amides is 2. The number of benzene rings is 2. The molecule has 2 amide bonds. The van der Waals surface area contributed by atoms with Crippen LogP contribution in [0.25, 0.3) is 0 Å². The van der Waals surface area contributed by atoms with E-state index in [1.807, 2.05) is 23.1 Å². The van der Waals surface area contributed by atoms with Crippen molar-refractivity contribution in [3.63, 3.8) is 0 Å². The first-order valence-corrected chi connectivity index (χ1v) is 13.6. The molecule has 3 aromatic rings. The number of carbonyl (C=O) groups is 2. The number of hydrogen-bond donors (Lipinski definition) is 2. The molecule has 9 nitrogen and oxygen atoms in total. The Morgan fingerprint density at radius 2 is 1.73 bits per heavy atom. The minimum absolute atomic E-state index is 0.105. The Morgan fingerprint density at radius 3 is 2.40 bits per heavy atom. The van der Waals surface area contributed by atoms with Crippen molar-refractivity contribution in [3.05, 3.63) is 89.5 Å². The number of anilines is 1. The lowest BCUT2D eigenvalue weighted by Gasteiger charge is -2.36. The molecular weight excluding hydrogens is 509 g/mol. The average Bonchev–Trinajstić information content (AvgIpc) is 3.78. The van der Waals surface area contributed by atoms with Gasteiger partial charge in [0, 0.05) is 56.1 Å². The highest BCUT2D eigenvalue weighted by atomic mass is 19.1. The van der Waals surface area contributed by atoms with Crippen molar-refractivity contribution in [1.29, 1.82) is 5.26 Å². The molecule has 206 valence electrons. The normalized spacial score (nSPS) is 19.0. The maximum atomic E-state index is 13.6. The summed E-state index contributed by atoms with van der Waals surface area (Å²) in [6.07, 6.45) is 5.59. The van der Waals surface area contributed by atoms with Crippen LogP contribution in [-0.2, 0) is 4.79 Å². The lowest BCUT2D eigenvalue weighted by Crippen LogP contribution is -2.55. The number of aromatic nitrogens is 2. The van der Waals surface area contributed by atoms with Crippen LogP contribution in [0.4, 0.5) is 10.3 Å². The number of rotatable bonds is 10. The third-order valence-electron chi connectivity index (χ3n) is 7.47. The first-order valence-electron chi connectivity index (χ1n) is 13.6. The van der Waals surface area contributed by atoms with Crippen LogP contribution >= 0.6 is 0 Å². The number of nitrogens with one attached hydrogen (secondary N) is 2. The van der Waals surface area contributed by atoms with Crippen molar-refractivity contribution < 1.29 is 14.0 Å². The molecule has 2 N–H and O–H groups in total. The lowest BCUT2D eigenvalue weighted by atomic mass is 10.1. The van der Waals surface area contributed by atoms with E-state index in [0.29, 0.717) is 74.6 Å². The minimum Gasteiger partial charge on any atom is -0.340 e. The maximum Gasteiger partial charge on any atom is 0.251 e. The Balaban J connectivity index is 1.17. The molecule has 1 aliphatic carbocycles. The largest absolute Gasteiger partial charge is 0.340 e. The van der Waals surface area contributed by atoms with Crippen LogP contribution in [0, 0.1) is 17.1 Å². The van der Waals surface area contributed by atoms with Gasteiger partial charge in [-0.1, -0.05) is 12.1 Å². The number of nitriles is 1. The molecule has 40 heavy (non-hydrogen) atoms. The minimum atomic E-state index is -0.670. The van der Waals surface area contributed by atoms with Gasteiger partial charge in [0.25, 0.3) is 5.91 Å². The Bertz CT molecular complexity index is 1340. The summed E-state index contributed by atoms with van der Waals surface area (Å²) in [7, 11) is 0. The summed E-state index contributed by atoms with van der Waals surface area (Å²) in [5.74, 6) is 0.337. The summed E-state index contributed by atoms with van der Waals surface area (Å²) in [4.78, 5) is 39.0. The van der Waals surface area contributed by atoms with Gasteiger partial charge in [0.1, 0.15) is 11.9 Å². The summed E-state index contributed by atoms with van der Waals surface area (Å²) in [6, 6.07) is 16.5. The molecule has 2 heterocycles. The van der Waals surface area contributed by atoms with Gasteiger partial charge in [0.15, 0.2) is 0 Å². The van der Waals surface area contributed by atoms with E-state index >= 15 is 0 Å². The van der Waals surface area contributed by atoms with E-state index in [9.17, 15) is 14.0 Å². The Morgan fingerprint density at radius 1 is 1.02 bits per heavy atom. The summed E-state index contributed by atoms with van der Waals surface area (Å²) < 4.78 is 13.2. The Kier molecular flexibility index (Phi) is 8.62. The van der Waals surface area contributed by atoms with Gasteiger partial charge in [-0.25, -0.2) is 14.4 Å². The van der Waals surface area contributed by atoms with Crippen LogP contribution in [0.1, 0.15) is 46.7 Å². The first-order chi connectivity index (χ1) is 19.5. The fourth-order valence-electron chi connectivity index (χ4n) is 5.09. The van der Waals surface area contributed by atoms with Gasteiger partial charge in [-0.15, -0.1) is 0 Å². The molecule has 2 fully saturated rings. The molecule has 10 heteroatoms. The zero-order valence-corrected chi connectivity index (χ0v) is 22.2. The van der Waals surface area contributed by atoms with Crippen molar-refractivity contribution in [2.24, 2.45) is 0 Å². The van der Waals surface area contributed by atoms with Crippen LogP contribution in [0.2, 0.25) is 0 Å². The summed E-state index contributed by atoms with van der Waals surface area (Å²) in [5, 5.41) is 15.5. The molecule has 3 atom stereocenters. The average molecular weight is 542 g/mol. The van der Waals surface area contributed by atoms with Gasteiger partial charge < -0.3 is 20.4 Å². The number of carbonyl (C=O) groups excluding carboxylic acids is 2. The number of halogens is 1. The second-order valence-corrected chi connectivity index (χ2v) is 10.2. The SMILES string of the molecule is N#Cc1ccc(C(=O)NC(CCCN[C@@H]2C[C@H]2c2ccc(F)cc2)C(=O)N2CCN(c3ncccn3)CC2)cc1. The fourth-order valence-corrected chi connectivity index (χ4v) is 5.09. The second-order valence-electron chi connectivity index (χ2n) is 10.2. The molecule has 0 spiro atoms. The number of nitrogens with zero attached hydrogens (tertiary/aromatic N) is 5. The van der Waals surface area contributed by atoms with Crippen LogP contribution < -0.4 is 15.5 Å². The highest BCUT2D eigenvalue weighted by Crippen LogP contribution is 2.40. The van der Waals surface area contributed by atoms with Crippen molar-refractivity contribution in [3.8, 4) is 6.07 Å². The molecule has 1 aliphatic heterocycles. The maximum absolute atomic E-state index is 13.6. The Hall–Kier alpha value is -4.36. The van der Waals surface area contributed by atoms with E-state index in [1.165, 1.54) is 12.1 Å². The fraction of sp³-hybridized carbons (Fsp3) is 0.367. The molecule has 5 rings (SSSR count). The molecule has 0 bridgehead atoms. The molecule has 0 radical (unpaired) electrons. The van der Waals surface area contributed by atoms with Gasteiger partial charge >= 0.3 is 0 Å². The molecular formula is C30H32FN7O2. The van der Waals surface area contributed by atoms with E-state index in [0.717, 1.165) is 12.0 Å². The van der Waals surface area contributed by atoms with E-state index in [2.05, 4.69) is 20.6 Å². The molecule has 1 saturated heterocycles. The second kappa shape index (κ2) is 12.7. The van der Waals surface area contributed by atoms with E-state index < -0.39 is 6.04 Å². The standard InChI is InChI=1S/C30H32FN7O2/c31-24-10-8-22(9-11-24)25-19-27(25)33-12-1-3-26(36-28(39)23-6-4-21(20-32)5-7-23)29(40)37-15-17-38(18-16-37)30-34-13-2-14-35-30/h2,4-11,13-14,25-27,33H,1,3,12,15-19H2,(H,36,39)/t25-,26?,27+/m0/s1. The lowest BCUT2D eigenvalue weighted by molar-refractivity contribution is -0.133. The predicted molar refractivity (Wildman–Crippen MR) is 148 cm³/mol. The molecule has 2 aliphatic rings. The summed E-state index contributed by atoms with van der Waals surface area (Å²) in [5.41, 5.74) is 2.00. The summed E-state index contributed by atoms with van der Waals surface area (Å²) >= 11 is 0. The Labute approximate surface area is 233 Å². The highest BCUT2D eigenvalue weighted by molar-refractivity contribution is 5.97. The van der Waals surface area contributed by atoms with Crippen LogP contribution in [-0.4, -0.2) is 71.5 Å². The van der Waals surface area contributed by atoms with E-state index in [1.54, 1.807) is 47.6 Å². The van der Waals surface area contributed by atoms with Crippen LogP contribution in [0.3, 0.4) is 0 Å². The van der Waals surface area contributed by atoms with Crippen molar-refractivity contribution in [2.75, 3.05) is 37.6 Å². The highest BCUT2D eigenvalue weighted by Gasteiger charge is 2.37. The van der Waals surface area contributed by atoms with Crippen LogP contribution in [0.15, 0.2) is 67.0 Å². The van der Waals surface area contributed by atoms with Gasteiger partial charge in [-0.3, -0.25) is 9.59 Å². The third-order valence-corrected chi connectivity index (χ3v) is 7.47. The number of piperazine rings is 1. The van der Waals surface area contributed by atoms with E-state index in [4.69, 9.17) is 5.26 Å².